The Kier molecular flexibility index (Phi) is 3.06. The summed E-state index contributed by atoms with van der Waals surface area (Å²) in [5.74, 6) is 0. The summed E-state index contributed by atoms with van der Waals surface area (Å²) >= 11 is 0. The van der Waals surface area contributed by atoms with Crippen LogP contribution in [0.5, 0.6) is 0 Å². The van der Waals surface area contributed by atoms with Crippen LogP contribution in [0.2, 0.25) is 0 Å². The Bertz CT molecular complexity index is 342. The monoisotopic (exact) mass is 225 g/mol. The molecule has 0 saturated carbocycles. The highest BCUT2D eigenvalue weighted by atomic mass is 33.2. The molecule has 1 atom stereocenters. The van der Waals surface area contributed by atoms with E-state index >= 15 is 0 Å². The van der Waals surface area contributed by atoms with Gasteiger partial charge in [0.2, 0.25) is 0 Å². The second-order valence-corrected chi connectivity index (χ2v) is 6.38. The summed E-state index contributed by atoms with van der Waals surface area (Å²) in [5.41, 5.74) is 0. The zero-order chi connectivity index (χ0) is 9.28. The molecule has 0 aromatic heterocycles. The van der Waals surface area contributed by atoms with Crippen LogP contribution in [0.15, 0.2) is 0 Å². The molecule has 0 bridgehead atoms. The lowest BCUT2D eigenvalue weighted by Gasteiger charge is -1.86. The predicted octanol–water partition coefficient (Wildman–Crippen LogP) is -1.21. The smallest absolute Gasteiger partial charge is 0.272 e. The first-order valence-corrected chi connectivity index (χ1v) is 6.24. The van der Waals surface area contributed by atoms with Crippen molar-refractivity contribution in [1.82, 2.24) is 0 Å². The third-order valence-electron chi connectivity index (χ3n) is 0.413. The van der Waals surface area contributed by atoms with Crippen LogP contribution in [0.1, 0.15) is 0 Å². The van der Waals surface area contributed by atoms with E-state index in [1.807, 2.05) is 0 Å². The topological polar surface area (TPSA) is 135 Å². The van der Waals surface area contributed by atoms with Gasteiger partial charge in [-0.25, -0.2) is 0 Å². The minimum absolute atomic E-state index is 3.00. The lowest BCUT2D eigenvalue weighted by molar-refractivity contribution is 0.404. The van der Waals surface area contributed by atoms with Crippen LogP contribution >= 0.6 is 8.25 Å². The fourth-order valence-corrected chi connectivity index (χ4v) is 2.21. The quantitative estimate of drug-likeness (QED) is 0.346. The molecule has 0 heterocycles. The maximum Gasteiger partial charge on any atom is 0.713 e. The molecule has 0 aliphatic rings. The van der Waals surface area contributed by atoms with Gasteiger partial charge in [-0.05, 0) is 0 Å². The second kappa shape index (κ2) is 3.09. The zero-order valence-electron chi connectivity index (χ0n) is 4.61. The van der Waals surface area contributed by atoms with E-state index in [2.05, 4.69) is 3.97 Å². The zero-order valence-corrected chi connectivity index (χ0v) is 7.14. The molecule has 11 heteroatoms. The summed E-state index contributed by atoms with van der Waals surface area (Å²) < 4.78 is 60.1. The van der Waals surface area contributed by atoms with Crippen molar-refractivity contribution in [3.05, 3.63) is 0 Å². The van der Waals surface area contributed by atoms with Gasteiger partial charge in [-0.15, -0.1) is 4.89 Å². The van der Waals surface area contributed by atoms with Gasteiger partial charge in [0.25, 0.3) is 0 Å². The first-order valence-electron chi connectivity index (χ1n) is 1.75. The average molecular weight is 225 g/mol. The van der Waals surface area contributed by atoms with Crippen LogP contribution in [-0.2, 0) is 26.8 Å². The lowest BCUT2D eigenvalue weighted by atomic mass is 15.8. The average Bonchev–Trinajstić information content (AvgIpc) is 1.56. The molecule has 11 heavy (non-hydrogen) atoms. The van der Waals surface area contributed by atoms with Gasteiger partial charge in [0.05, 0.1) is 0 Å². The minimum Gasteiger partial charge on any atom is -0.272 e. The minimum atomic E-state index is -5.49. The van der Waals surface area contributed by atoms with Gasteiger partial charge < -0.3 is 0 Å². The number of rotatable bonds is 3. The number of hydrogen-bond acceptors (Lipinski definition) is 6. The van der Waals surface area contributed by atoms with Gasteiger partial charge in [0.15, 0.2) is 0 Å². The van der Waals surface area contributed by atoms with E-state index in [0.29, 0.717) is 0 Å². The summed E-state index contributed by atoms with van der Waals surface area (Å²) in [6, 6.07) is 0. The molecule has 0 fully saturated rings. The van der Waals surface area contributed by atoms with Crippen LogP contribution in [0.3, 0.4) is 0 Å². The van der Waals surface area contributed by atoms with Gasteiger partial charge in [-0.1, -0.05) is 0 Å². The molecule has 0 spiro atoms. The Morgan fingerprint density at radius 3 is 1.64 bits per heavy atom. The van der Waals surface area contributed by atoms with E-state index in [1.54, 1.807) is 0 Å². The van der Waals surface area contributed by atoms with Gasteiger partial charge >= 0.3 is 26.6 Å². The van der Waals surface area contributed by atoms with E-state index < -0.39 is 26.6 Å². The first kappa shape index (κ1) is 10.9. The molecule has 0 saturated heterocycles. The molecule has 0 radical (unpaired) electrons. The van der Waals surface area contributed by atoms with Gasteiger partial charge in [-0.2, -0.15) is 16.8 Å². The van der Waals surface area contributed by atoms with E-state index in [9.17, 15) is 21.4 Å². The Labute approximate surface area is 62.0 Å². The second-order valence-electron chi connectivity index (χ2n) is 1.15. The lowest BCUT2D eigenvalue weighted by Crippen LogP contribution is -2.14. The highest BCUT2D eigenvalue weighted by Crippen LogP contribution is 2.21. The summed E-state index contributed by atoms with van der Waals surface area (Å²) in [6.45, 7) is 0. The van der Waals surface area contributed by atoms with E-state index in [4.69, 9.17) is 9.45 Å². The normalized spacial score (nSPS) is 14.5. The molecule has 1 unspecified atom stereocenters. The molecule has 0 rings (SSSR count). The summed E-state index contributed by atoms with van der Waals surface area (Å²) in [4.78, 5) is 7.78. The maximum absolute atomic E-state index is 10.1. The summed E-state index contributed by atoms with van der Waals surface area (Å²) in [7, 11) is -14.5. The van der Waals surface area contributed by atoms with Crippen molar-refractivity contribution in [1.29, 1.82) is 0 Å². The van der Waals surface area contributed by atoms with Crippen molar-refractivity contribution in [3.63, 3.8) is 0 Å². The molecule has 0 aromatic rings. The number of hydrogen-bond donors (Lipinski definition) is 2. The molecule has 8 nitrogen and oxygen atoms in total. The predicted molar refractivity (Wildman–Crippen MR) is 31.4 cm³/mol. The molecule has 0 aromatic carbocycles. The fraction of sp³-hybridized carbons (Fsp3) is 0. The maximum atomic E-state index is 10.1. The van der Waals surface area contributed by atoms with Crippen LogP contribution < -0.4 is 0 Å². The molecule has 0 amide bonds. The van der Waals surface area contributed by atoms with Crippen LogP contribution in [0.25, 0.3) is 0 Å². The van der Waals surface area contributed by atoms with Crippen molar-refractivity contribution >= 4 is 26.6 Å². The third-order valence-corrected chi connectivity index (χ3v) is 4.26. The Morgan fingerprint density at radius 2 is 1.55 bits per heavy atom. The van der Waals surface area contributed by atoms with E-state index in [-0.39, 0.29) is 0 Å². The molecular weight excluding hydrogens is 223 g/mol. The Hall–Kier alpha value is -0.120. The Balaban J connectivity index is 4.96. The molecular formula is H2O8PS2+. The van der Waals surface area contributed by atoms with Crippen molar-refractivity contribution in [3.8, 4) is 0 Å². The summed E-state index contributed by atoms with van der Waals surface area (Å²) in [5, 5.41) is 0. The largest absolute Gasteiger partial charge is 0.713 e. The van der Waals surface area contributed by atoms with E-state index in [1.165, 1.54) is 0 Å². The molecule has 66 valence electrons. The van der Waals surface area contributed by atoms with E-state index in [0.717, 1.165) is 0 Å². The standard InChI is InChI=1S/HO8PS2/c1-9(2)8-11(6,7)10(3,4)5/h(H-,1,2,3,4,5)/p+1. The van der Waals surface area contributed by atoms with Crippen molar-refractivity contribution in [2.75, 3.05) is 0 Å². The van der Waals surface area contributed by atoms with Gasteiger partial charge in [0, 0.05) is 8.54 Å². The highest BCUT2D eigenvalue weighted by molar-refractivity contribution is 8.63. The van der Waals surface area contributed by atoms with Gasteiger partial charge in [-0.3, -0.25) is 4.55 Å². The third kappa shape index (κ3) is 3.18. The Morgan fingerprint density at radius 1 is 1.18 bits per heavy atom. The molecule has 2 N–H and O–H groups in total. The van der Waals surface area contributed by atoms with Crippen molar-refractivity contribution in [2.24, 2.45) is 0 Å². The fourth-order valence-electron chi connectivity index (χ4n) is 0.117. The first-order chi connectivity index (χ1) is 4.67. The molecule has 0 aliphatic carbocycles. The molecule has 0 aliphatic heterocycles. The summed E-state index contributed by atoms with van der Waals surface area (Å²) in [6.07, 6.45) is 0. The van der Waals surface area contributed by atoms with Crippen molar-refractivity contribution < 1.29 is 34.8 Å². The van der Waals surface area contributed by atoms with Crippen LogP contribution in [0.4, 0.5) is 0 Å². The van der Waals surface area contributed by atoms with Crippen LogP contribution in [0, 0.1) is 0 Å². The highest BCUT2D eigenvalue weighted by Gasteiger charge is 2.38. The van der Waals surface area contributed by atoms with Gasteiger partial charge in [0.1, 0.15) is 0 Å². The van der Waals surface area contributed by atoms with Crippen molar-refractivity contribution in [2.45, 2.75) is 0 Å². The van der Waals surface area contributed by atoms with Crippen LogP contribution in [-0.4, -0.2) is 26.3 Å². The SMILES string of the molecule is O=[P+](O)OS(=O)(=O)S(=O)(=O)O.